The Kier molecular flexibility index (Phi) is 6.28. The molecule has 260 valence electrons. The molecule has 0 aliphatic carbocycles. The van der Waals surface area contributed by atoms with E-state index in [0.29, 0.717) is 77.0 Å². The topological polar surface area (TPSA) is 181 Å². The van der Waals surface area contributed by atoms with Crippen LogP contribution in [0, 0.1) is 0 Å². The highest BCUT2D eigenvalue weighted by atomic mass is 16.6. The molecule has 2 atom stereocenters. The highest BCUT2D eigenvalue weighted by molar-refractivity contribution is 6.20. The number of ether oxygens (including phenoxy) is 2. The first-order valence-corrected chi connectivity index (χ1v) is 16.9. The second-order valence-electron chi connectivity index (χ2n) is 12.9. The standard InChI is InChI=1S/C39H24N10O5/c1-53-29-17-23-31-19(9-7-11-21(31)37(52)49-27-15-5-3-13-25(27)41-35(23)49)33(29)43-45-39-47-46-38(54-39)44-42-32-18-8-6-10-20-30(18)22(16-28(32)50)34-40-24-12-2-4-14-26(24)48(34)36(20)51/h2-17,38-39,46-47,50H,1H3. The van der Waals surface area contributed by atoms with Gasteiger partial charge < -0.3 is 9.84 Å². The Balaban J connectivity index is 0.938. The molecule has 6 aromatic carbocycles. The van der Waals surface area contributed by atoms with Crippen LogP contribution in [0.4, 0.5) is 11.4 Å². The second kappa shape index (κ2) is 11.1. The van der Waals surface area contributed by atoms with Crippen molar-refractivity contribution in [3.8, 4) is 11.5 Å². The van der Waals surface area contributed by atoms with Gasteiger partial charge in [-0.15, -0.1) is 20.5 Å². The molecule has 1 aliphatic heterocycles. The fourth-order valence-electron chi connectivity index (χ4n) is 7.70. The number of pyridine rings is 2. The zero-order valence-electron chi connectivity index (χ0n) is 28.1. The van der Waals surface area contributed by atoms with Gasteiger partial charge in [0.1, 0.15) is 34.2 Å². The number of methoxy groups -OCH3 is 1. The summed E-state index contributed by atoms with van der Waals surface area (Å²) in [5, 5.41) is 33.6. The summed E-state index contributed by atoms with van der Waals surface area (Å²) in [7, 11) is 1.54. The lowest BCUT2D eigenvalue weighted by molar-refractivity contribution is 0.0388. The normalized spacial score (nSPS) is 16.8. The van der Waals surface area contributed by atoms with Crippen LogP contribution in [-0.4, -0.2) is 43.7 Å². The van der Waals surface area contributed by atoms with Gasteiger partial charge in [-0.05, 0) is 48.5 Å². The summed E-state index contributed by atoms with van der Waals surface area (Å²) >= 11 is 0. The van der Waals surface area contributed by atoms with Crippen molar-refractivity contribution in [2.45, 2.75) is 12.7 Å². The van der Waals surface area contributed by atoms with Gasteiger partial charge in [0.15, 0.2) is 0 Å². The molecular formula is C39H24N10O5. The van der Waals surface area contributed by atoms with Crippen molar-refractivity contribution in [2.24, 2.45) is 20.5 Å². The van der Waals surface area contributed by atoms with Crippen LogP contribution in [0.2, 0.25) is 0 Å². The number of aromatic hydroxyl groups is 1. The van der Waals surface area contributed by atoms with Crippen LogP contribution in [0.25, 0.3) is 76.5 Å². The zero-order valence-corrected chi connectivity index (χ0v) is 28.1. The van der Waals surface area contributed by atoms with E-state index in [-0.39, 0.29) is 22.6 Å². The number of para-hydroxylation sites is 4. The number of azo groups is 2. The van der Waals surface area contributed by atoms with Gasteiger partial charge in [0.25, 0.3) is 11.1 Å². The highest BCUT2D eigenvalue weighted by Gasteiger charge is 2.26. The molecule has 0 spiro atoms. The molecule has 11 rings (SSSR count). The second-order valence-corrected chi connectivity index (χ2v) is 12.9. The summed E-state index contributed by atoms with van der Waals surface area (Å²) in [4.78, 5) is 37.0. The van der Waals surface area contributed by atoms with Crippen molar-refractivity contribution in [2.75, 3.05) is 7.11 Å². The van der Waals surface area contributed by atoms with Crippen molar-refractivity contribution >= 4 is 87.8 Å². The fraction of sp³-hybridized carbons (Fsp3) is 0.0769. The molecule has 4 aromatic heterocycles. The Labute approximate surface area is 301 Å². The van der Waals surface area contributed by atoms with Crippen molar-refractivity contribution < 1.29 is 14.6 Å². The van der Waals surface area contributed by atoms with Gasteiger partial charge in [-0.3, -0.25) is 23.1 Å². The van der Waals surface area contributed by atoms with Crippen molar-refractivity contribution in [1.29, 1.82) is 0 Å². The summed E-state index contributed by atoms with van der Waals surface area (Å²) in [6.45, 7) is 0. The van der Waals surface area contributed by atoms with E-state index in [1.54, 1.807) is 52.3 Å². The monoisotopic (exact) mass is 712 g/mol. The number of hydrogen-bond donors (Lipinski definition) is 3. The summed E-state index contributed by atoms with van der Waals surface area (Å²) < 4.78 is 14.9. The lowest BCUT2D eigenvalue weighted by Crippen LogP contribution is -2.31. The van der Waals surface area contributed by atoms with Crippen LogP contribution in [0.1, 0.15) is 0 Å². The lowest BCUT2D eigenvalue weighted by Gasteiger charge is -2.13. The number of hydrazine groups is 1. The number of benzene rings is 6. The van der Waals surface area contributed by atoms with E-state index in [1.165, 1.54) is 0 Å². The molecule has 0 saturated carbocycles. The van der Waals surface area contributed by atoms with E-state index in [0.717, 1.165) is 10.9 Å². The average Bonchev–Trinajstić information content (AvgIpc) is 3.93. The van der Waals surface area contributed by atoms with Gasteiger partial charge in [0.2, 0.25) is 12.7 Å². The Morgan fingerprint density at radius 3 is 1.72 bits per heavy atom. The van der Waals surface area contributed by atoms with Gasteiger partial charge in [-0.2, -0.15) is 0 Å². The quantitative estimate of drug-likeness (QED) is 0.162. The molecule has 1 saturated heterocycles. The molecule has 15 heteroatoms. The number of rotatable bonds is 5. The van der Waals surface area contributed by atoms with Gasteiger partial charge in [0.05, 0.1) is 29.2 Å². The fourth-order valence-corrected chi connectivity index (χ4v) is 7.70. The van der Waals surface area contributed by atoms with Crippen LogP contribution in [0.3, 0.4) is 0 Å². The Morgan fingerprint density at radius 1 is 0.648 bits per heavy atom. The minimum Gasteiger partial charge on any atom is -0.506 e. The molecular weight excluding hydrogens is 688 g/mol. The summed E-state index contributed by atoms with van der Waals surface area (Å²) in [6, 6.07) is 29.0. The van der Waals surface area contributed by atoms with Gasteiger partial charge in [-0.1, -0.05) is 48.5 Å². The van der Waals surface area contributed by atoms with E-state index >= 15 is 0 Å². The summed E-state index contributed by atoms with van der Waals surface area (Å²) in [5.74, 6) is 0.290. The summed E-state index contributed by atoms with van der Waals surface area (Å²) in [5.41, 5.74) is 9.69. The third kappa shape index (κ3) is 4.16. The first-order valence-electron chi connectivity index (χ1n) is 16.9. The molecule has 54 heavy (non-hydrogen) atoms. The number of phenols is 1. The Bertz CT molecular complexity index is 3400. The molecule has 1 aliphatic rings. The minimum atomic E-state index is -1.01. The predicted octanol–water partition coefficient (Wildman–Crippen LogP) is 6.77. The maximum atomic E-state index is 13.8. The molecule has 1 fully saturated rings. The van der Waals surface area contributed by atoms with E-state index in [1.807, 2.05) is 60.7 Å². The molecule has 0 radical (unpaired) electrons. The lowest BCUT2D eigenvalue weighted by atomic mass is 10.0. The number of nitrogens with zero attached hydrogens (tertiary/aromatic N) is 8. The maximum absolute atomic E-state index is 13.8. The van der Waals surface area contributed by atoms with E-state index in [2.05, 4.69) is 31.3 Å². The van der Waals surface area contributed by atoms with Crippen LogP contribution in [-0.2, 0) is 4.74 Å². The van der Waals surface area contributed by atoms with Crippen molar-refractivity contribution in [1.82, 2.24) is 29.6 Å². The van der Waals surface area contributed by atoms with E-state index < -0.39 is 12.7 Å². The number of nitrogens with one attached hydrogen (secondary N) is 2. The third-order valence-corrected chi connectivity index (χ3v) is 10.0. The van der Waals surface area contributed by atoms with Crippen LogP contribution in [0.5, 0.6) is 11.5 Å². The largest absolute Gasteiger partial charge is 0.506 e. The zero-order chi connectivity index (χ0) is 36.2. The van der Waals surface area contributed by atoms with Gasteiger partial charge in [0, 0.05) is 43.1 Å². The Hall–Kier alpha value is -7.20. The number of imidazole rings is 2. The van der Waals surface area contributed by atoms with Crippen molar-refractivity contribution in [3.63, 3.8) is 0 Å². The molecule has 3 N–H and O–H groups in total. The maximum Gasteiger partial charge on any atom is 0.264 e. The van der Waals surface area contributed by atoms with Crippen LogP contribution < -0.4 is 26.7 Å². The number of aromatic nitrogens is 4. The molecule has 0 amide bonds. The average molecular weight is 713 g/mol. The van der Waals surface area contributed by atoms with E-state index in [9.17, 15) is 14.7 Å². The smallest absolute Gasteiger partial charge is 0.264 e. The first kappa shape index (κ1) is 30.4. The Morgan fingerprint density at radius 2 is 1.15 bits per heavy atom. The van der Waals surface area contributed by atoms with Crippen molar-refractivity contribution in [3.05, 3.63) is 118 Å². The minimum absolute atomic E-state index is 0.141. The first-order chi connectivity index (χ1) is 26.5. The third-order valence-electron chi connectivity index (χ3n) is 10.0. The number of hydrogen-bond acceptors (Lipinski definition) is 13. The van der Waals surface area contributed by atoms with Crippen LogP contribution >= 0.6 is 0 Å². The predicted molar refractivity (Wildman–Crippen MR) is 203 cm³/mol. The highest BCUT2D eigenvalue weighted by Crippen LogP contribution is 2.43. The van der Waals surface area contributed by atoms with E-state index in [4.69, 9.17) is 19.4 Å². The molecule has 2 unspecified atom stereocenters. The molecule has 0 bridgehead atoms. The van der Waals surface area contributed by atoms with Gasteiger partial charge >= 0.3 is 0 Å². The molecule has 15 nitrogen and oxygen atoms in total. The van der Waals surface area contributed by atoms with Gasteiger partial charge in [-0.25, -0.2) is 20.8 Å². The number of fused-ring (bicyclic) bond motifs is 8. The SMILES string of the molecule is COc1cc2c3c(cccc3c(=O)n3c4ccccc4nc23)c1N=NC1NNC(N=Nc2c(O)cc3c4c2cccc4c(=O)n2c4ccccc4nc32)O1. The molecule has 10 aromatic rings. The summed E-state index contributed by atoms with van der Waals surface area (Å²) in [6.07, 6.45) is -1.99. The van der Waals surface area contributed by atoms with Crippen LogP contribution in [0.15, 0.2) is 127 Å². The molecule has 5 heterocycles. The number of phenolic OH excluding ortho intramolecular Hbond substituents is 1.